The second-order valence-electron chi connectivity index (χ2n) is 5.73. The normalized spacial score (nSPS) is 12.0. The van der Waals surface area contributed by atoms with Crippen LogP contribution in [0.25, 0.3) is 0 Å². The van der Waals surface area contributed by atoms with Crippen molar-refractivity contribution in [3.05, 3.63) is 0 Å². The van der Waals surface area contributed by atoms with E-state index in [4.69, 9.17) is 0 Å². The van der Waals surface area contributed by atoms with E-state index in [9.17, 15) is 0 Å². The molecule has 0 saturated heterocycles. The Bertz CT molecular complexity index is 124. The number of hydrogen-bond acceptors (Lipinski definition) is 1. The zero-order chi connectivity index (χ0) is 11.6. The minimum absolute atomic E-state index is 0.506. The predicted molar refractivity (Wildman–Crippen MR) is 74.8 cm³/mol. The molecule has 0 radical (unpaired) electrons. The number of thioether (sulfide) groups is 1. The quantitative estimate of drug-likeness (QED) is 0.470. The Kier molecular flexibility index (Phi) is 9.79. The summed E-state index contributed by atoms with van der Waals surface area (Å²) in [6.45, 7) is 9.25. The maximum absolute atomic E-state index is 2.32. The largest absolute Gasteiger partial charge is 0.161 e. The molecule has 0 rings (SSSR count). The van der Waals surface area contributed by atoms with Gasteiger partial charge in [-0.2, -0.15) is 11.8 Å². The van der Waals surface area contributed by atoms with E-state index in [1.165, 1.54) is 56.5 Å². The molecule has 0 fully saturated rings. The van der Waals surface area contributed by atoms with Gasteiger partial charge in [0.05, 0.1) is 0 Å². The zero-order valence-electron chi connectivity index (χ0n) is 11.3. The summed E-state index contributed by atoms with van der Waals surface area (Å²) < 4.78 is 0. The number of hydrogen-bond donors (Lipinski definition) is 0. The molecule has 15 heavy (non-hydrogen) atoms. The molecule has 0 amide bonds. The third kappa shape index (κ3) is 14.4. The predicted octanol–water partition coefficient (Wildman–Crippen LogP) is 5.52. The third-order valence-corrected chi connectivity index (χ3v) is 4.07. The van der Waals surface area contributed by atoms with Crippen molar-refractivity contribution in [1.82, 2.24) is 0 Å². The molecule has 1 heteroatoms. The molecule has 0 aliphatic heterocycles. The third-order valence-electron chi connectivity index (χ3n) is 2.43. The molecule has 0 atom stereocenters. The second-order valence-corrected chi connectivity index (χ2v) is 6.84. The van der Waals surface area contributed by atoms with Crippen LogP contribution in [0.4, 0.5) is 0 Å². The zero-order valence-corrected chi connectivity index (χ0v) is 12.1. The highest BCUT2D eigenvalue weighted by Crippen LogP contribution is 2.21. The second kappa shape index (κ2) is 9.57. The fraction of sp³-hybridized carbons (Fsp3) is 1.00. The van der Waals surface area contributed by atoms with E-state index < -0.39 is 0 Å². The Balaban J connectivity index is 2.99. The highest BCUT2D eigenvalue weighted by Gasteiger charge is 2.08. The average molecular weight is 230 g/mol. The molecule has 92 valence electrons. The van der Waals surface area contributed by atoms with Crippen molar-refractivity contribution in [3.8, 4) is 0 Å². The number of rotatable bonds is 9. The molecule has 0 saturated carbocycles. The Labute approximate surface area is 102 Å². The van der Waals surface area contributed by atoms with Gasteiger partial charge in [-0.1, -0.05) is 66.2 Å². The minimum Gasteiger partial charge on any atom is -0.161 e. The molecule has 0 unspecified atom stereocenters. The molecular formula is C14H30S. The van der Waals surface area contributed by atoms with Crippen molar-refractivity contribution in [2.45, 2.75) is 72.6 Å². The van der Waals surface area contributed by atoms with E-state index in [0.717, 1.165) is 0 Å². The van der Waals surface area contributed by atoms with Crippen LogP contribution in [0.3, 0.4) is 0 Å². The van der Waals surface area contributed by atoms with Gasteiger partial charge in [-0.3, -0.25) is 0 Å². The molecule has 0 nitrogen and oxygen atoms in total. The van der Waals surface area contributed by atoms with Crippen LogP contribution in [0.1, 0.15) is 72.6 Å². The first-order chi connectivity index (χ1) is 7.06. The lowest BCUT2D eigenvalue weighted by molar-refractivity contribution is 0.480. The Morgan fingerprint density at radius 2 is 1.33 bits per heavy atom. The van der Waals surface area contributed by atoms with Crippen molar-refractivity contribution < 1.29 is 0 Å². The lowest BCUT2D eigenvalue weighted by Crippen LogP contribution is -2.08. The monoisotopic (exact) mass is 230 g/mol. The fourth-order valence-corrected chi connectivity index (χ4v) is 2.70. The summed E-state index contributed by atoms with van der Waals surface area (Å²) in [6, 6.07) is 0. The Morgan fingerprint density at radius 3 is 1.87 bits per heavy atom. The van der Waals surface area contributed by atoms with Crippen LogP contribution < -0.4 is 0 Å². The molecule has 0 aliphatic rings. The smallest absolute Gasteiger partial charge is 0.00187 e. The van der Waals surface area contributed by atoms with Gasteiger partial charge in [0.25, 0.3) is 0 Å². The molecule has 0 bridgehead atoms. The van der Waals surface area contributed by atoms with E-state index >= 15 is 0 Å². The van der Waals surface area contributed by atoms with Crippen molar-refractivity contribution in [2.75, 3.05) is 11.5 Å². The lowest BCUT2D eigenvalue weighted by atomic mass is 10.0. The first kappa shape index (κ1) is 15.3. The van der Waals surface area contributed by atoms with Gasteiger partial charge in [-0.15, -0.1) is 0 Å². The van der Waals surface area contributed by atoms with Crippen molar-refractivity contribution >= 4 is 11.8 Å². The Morgan fingerprint density at radius 1 is 0.800 bits per heavy atom. The molecule has 0 aromatic heterocycles. The SMILES string of the molecule is CCCCCCCCCSCC(C)(C)C. The van der Waals surface area contributed by atoms with E-state index in [2.05, 4.69) is 39.5 Å². The van der Waals surface area contributed by atoms with Crippen LogP contribution in [0, 0.1) is 5.41 Å². The van der Waals surface area contributed by atoms with Crippen LogP contribution in [-0.2, 0) is 0 Å². The fourth-order valence-electron chi connectivity index (χ4n) is 1.54. The highest BCUT2D eigenvalue weighted by atomic mass is 32.2. The molecule has 0 heterocycles. The van der Waals surface area contributed by atoms with Crippen LogP contribution in [-0.4, -0.2) is 11.5 Å². The molecule has 0 spiro atoms. The summed E-state index contributed by atoms with van der Waals surface area (Å²) in [7, 11) is 0. The molecule has 0 N–H and O–H groups in total. The van der Waals surface area contributed by atoms with Gasteiger partial charge in [-0.05, 0) is 23.3 Å². The number of unbranched alkanes of at least 4 members (excludes halogenated alkanes) is 6. The standard InChI is InChI=1S/C14H30S/c1-5-6-7-8-9-10-11-12-15-13-14(2,3)4/h5-13H2,1-4H3. The summed E-state index contributed by atoms with van der Waals surface area (Å²) in [5, 5.41) is 0. The molecule has 0 aromatic rings. The summed E-state index contributed by atoms with van der Waals surface area (Å²) in [6.07, 6.45) is 10.0. The van der Waals surface area contributed by atoms with Gasteiger partial charge < -0.3 is 0 Å². The molecule has 0 aromatic carbocycles. The van der Waals surface area contributed by atoms with Gasteiger partial charge in [0.15, 0.2) is 0 Å². The summed E-state index contributed by atoms with van der Waals surface area (Å²) in [4.78, 5) is 0. The lowest BCUT2D eigenvalue weighted by Gasteiger charge is -2.16. The molecule has 0 aliphatic carbocycles. The Hall–Kier alpha value is 0.350. The van der Waals surface area contributed by atoms with Crippen LogP contribution in [0.15, 0.2) is 0 Å². The van der Waals surface area contributed by atoms with Crippen LogP contribution in [0.2, 0.25) is 0 Å². The maximum atomic E-state index is 2.32. The summed E-state index contributed by atoms with van der Waals surface area (Å²) in [5.74, 6) is 2.67. The average Bonchev–Trinajstić information content (AvgIpc) is 2.14. The molecular weight excluding hydrogens is 200 g/mol. The van der Waals surface area contributed by atoms with Gasteiger partial charge in [0.1, 0.15) is 0 Å². The van der Waals surface area contributed by atoms with E-state index in [-0.39, 0.29) is 0 Å². The summed E-state index contributed by atoms with van der Waals surface area (Å²) >= 11 is 2.13. The first-order valence-corrected chi connectivity index (χ1v) is 7.79. The maximum Gasteiger partial charge on any atom is -0.00187 e. The van der Waals surface area contributed by atoms with Crippen molar-refractivity contribution in [2.24, 2.45) is 5.41 Å². The highest BCUT2D eigenvalue weighted by molar-refractivity contribution is 7.99. The van der Waals surface area contributed by atoms with Crippen molar-refractivity contribution in [1.29, 1.82) is 0 Å². The van der Waals surface area contributed by atoms with Crippen LogP contribution >= 0.6 is 11.8 Å². The van der Waals surface area contributed by atoms with Crippen molar-refractivity contribution in [3.63, 3.8) is 0 Å². The van der Waals surface area contributed by atoms with Gasteiger partial charge >= 0.3 is 0 Å². The van der Waals surface area contributed by atoms with Gasteiger partial charge in [0.2, 0.25) is 0 Å². The van der Waals surface area contributed by atoms with Gasteiger partial charge in [0, 0.05) is 0 Å². The summed E-state index contributed by atoms with van der Waals surface area (Å²) in [5.41, 5.74) is 0.506. The minimum atomic E-state index is 0.506. The first-order valence-electron chi connectivity index (χ1n) is 6.64. The van der Waals surface area contributed by atoms with E-state index in [0.29, 0.717) is 5.41 Å². The van der Waals surface area contributed by atoms with E-state index in [1.807, 2.05) is 0 Å². The topological polar surface area (TPSA) is 0 Å². The van der Waals surface area contributed by atoms with E-state index in [1.54, 1.807) is 0 Å². The van der Waals surface area contributed by atoms with Crippen LogP contribution in [0.5, 0.6) is 0 Å². The van der Waals surface area contributed by atoms with Gasteiger partial charge in [-0.25, -0.2) is 0 Å².